The molecule has 5 heteroatoms. The molecule has 0 unspecified atom stereocenters. The second-order valence-electron chi connectivity index (χ2n) is 3.72. The van der Waals surface area contributed by atoms with E-state index in [1.54, 1.807) is 0 Å². The largest absolute Gasteiger partial charge is 0.332 e. The molecule has 0 aromatic heterocycles. The zero-order valence-electron chi connectivity index (χ0n) is 7.86. The SMILES string of the molecule is O=CCCC[C@@H]1SC[C@@H]2NC(=O)N[C@@H]21. The van der Waals surface area contributed by atoms with Crippen molar-refractivity contribution < 1.29 is 9.59 Å². The summed E-state index contributed by atoms with van der Waals surface area (Å²) >= 11 is 1.89. The van der Waals surface area contributed by atoms with Crippen LogP contribution in [0.1, 0.15) is 19.3 Å². The summed E-state index contributed by atoms with van der Waals surface area (Å²) in [7, 11) is 0. The maximum absolute atomic E-state index is 11.0. The van der Waals surface area contributed by atoms with Gasteiger partial charge in [0.1, 0.15) is 6.29 Å². The lowest BCUT2D eigenvalue weighted by atomic mass is 10.0. The molecule has 2 aliphatic rings. The van der Waals surface area contributed by atoms with E-state index in [2.05, 4.69) is 10.6 Å². The monoisotopic (exact) mass is 214 g/mol. The van der Waals surface area contributed by atoms with Gasteiger partial charge in [0.05, 0.1) is 12.1 Å². The molecule has 0 radical (unpaired) electrons. The minimum absolute atomic E-state index is 0.0410. The lowest BCUT2D eigenvalue weighted by Crippen LogP contribution is -2.36. The van der Waals surface area contributed by atoms with Gasteiger partial charge in [-0.15, -0.1) is 0 Å². The summed E-state index contributed by atoms with van der Waals surface area (Å²) in [5.74, 6) is 0.995. The van der Waals surface area contributed by atoms with Gasteiger partial charge in [-0.3, -0.25) is 0 Å². The van der Waals surface area contributed by atoms with Gasteiger partial charge in [0, 0.05) is 17.4 Å². The van der Waals surface area contributed by atoms with Gasteiger partial charge in [-0.2, -0.15) is 11.8 Å². The van der Waals surface area contributed by atoms with Gasteiger partial charge in [-0.05, 0) is 12.8 Å². The minimum Gasteiger partial charge on any atom is -0.332 e. The Morgan fingerprint density at radius 1 is 1.50 bits per heavy atom. The van der Waals surface area contributed by atoms with E-state index in [-0.39, 0.29) is 12.1 Å². The maximum atomic E-state index is 11.0. The van der Waals surface area contributed by atoms with Crippen molar-refractivity contribution in [2.45, 2.75) is 36.6 Å². The summed E-state index contributed by atoms with van der Waals surface area (Å²) in [6, 6.07) is 0.536. The van der Waals surface area contributed by atoms with Gasteiger partial charge in [0.15, 0.2) is 0 Å². The fourth-order valence-electron chi connectivity index (χ4n) is 2.05. The zero-order valence-corrected chi connectivity index (χ0v) is 8.68. The Hall–Kier alpha value is -0.710. The molecular formula is C9H14N2O2S. The Morgan fingerprint density at radius 2 is 2.36 bits per heavy atom. The lowest BCUT2D eigenvalue weighted by Gasteiger charge is -2.15. The number of nitrogens with one attached hydrogen (secondary N) is 2. The first-order valence-electron chi connectivity index (χ1n) is 4.93. The number of urea groups is 1. The molecule has 0 bridgehead atoms. The van der Waals surface area contributed by atoms with Gasteiger partial charge < -0.3 is 15.4 Å². The smallest absolute Gasteiger partial charge is 0.315 e. The van der Waals surface area contributed by atoms with Crippen molar-refractivity contribution in [1.29, 1.82) is 0 Å². The lowest BCUT2D eigenvalue weighted by molar-refractivity contribution is -0.107. The highest BCUT2D eigenvalue weighted by Gasteiger charge is 2.42. The molecule has 0 spiro atoms. The summed E-state index contributed by atoms with van der Waals surface area (Å²) in [4.78, 5) is 21.2. The van der Waals surface area contributed by atoms with Gasteiger partial charge >= 0.3 is 6.03 Å². The molecule has 2 saturated heterocycles. The second-order valence-corrected chi connectivity index (χ2v) is 4.99. The van der Waals surface area contributed by atoms with Crippen LogP contribution in [0.2, 0.25) is 0 Å². The van der Waals surface area contributed by atoms with Crippen LogP contribution in [0.5, 0.6) is 0 Å². The predicted molar refractivity (Wildman–Crippen MR) is 55.4 cm³/mol. The third-order valence-corrected chi connectivity index (χ3v) is 4.26. The Morgan fingerprint density at radius 3 is 3.14 bits per heavy atom. The van der Waals surface area contributed by atoms with Gasteiger partial charge in [0.25, 0.3) is 0 Å². The molecule has 3 atom stereocenters. The second kappa shape index (κ2) is 4.21. The molecule has 2 amide bonds. The van der Waals surface area contributed by atoms with E-state index in [1.165, 1.54) is 0 Å². The minimum atomic E-state index is -0.0410. The molecule has 2 aliphatic heterocycles. The van der Waals surface area contributed by atoms with Gasteiger partial charge in [-0.25, -0.2) is 4.79 Å². The number of amides is 2. The first-order valence-corrected chi connectivity index (χ1v) is 5.98. The molecule has 2 fully saturated rings. The molecule has 2 rings (SSSR count). The Bertz CT molecular complexity index is 247. The molecule has 0 aromatic carbocycles. The van der Waals surface area contributed by atoms with E-state index in [4.69, 9.17) is 0 Å². The number of rotatable bonds is 4. The number of hydrogen-bond acceptors (Lipinski definition) is 3. The van der Waals surface area contributed by atoms with Crippen LogP contribution in [0.15, 0.2) is 0 Å². The van der Waals surface area contributed by atoms with E-state index in [0.29, 0.717) is 17.7 Å². The van der Waals surface area contributed by atoms with Crippen LogP contribution in [0, 0.1) is 0 Å². The topological polar surface area (TPSA) is 58.2 Å². The third-order valence-electron chi connectivity index (χ3n) is 2.75. The van der Waals surface area contributed by atoms with Crippen LogP contribution in [0.25, 0.3) is 0 Å². The van der Waals surface area contributed by atoms with Crippen molar-refractivity contribution in [3.8, 4) is 0 Å². The van der Waals surface area contributed by atoms with Crippen molar-refractivity contribution in [3.05, 3.63) is 0 Å². The number of fused-ring (bicyclic) bond motifs is 1. The summed E-state index contributed by atoms with van der Waals surface area (Å²) in [5, 5.41) is 6.31. The van der Waals surface area contributed by atoms with Gasteiger partial charge in [0.2, 0.25) is 0 Å². The third kappa shape index (κ3) is 1.87. The van der Waals surface area contributed by atoms with Crippen LogP contribution < -0.4 is 10.6 Å². The molecule has 4 nitrogen and oxygen atoms in total. The molecule has 0 aliphatic carbocycles. The van der Waals surface area contributed by atoms with Crippen molar-refractivity contribution >= 4 is 24.1 Å². The highest BCUT2D eigenvalue weighted by Crippen LogP contribution is 2.32. The number of aldehydes is 1. The molecule has 0 saturated carbocycles. The van der Waals surface area contributed by atoms with E-state index in [1.807, 2.05) is 11.8 Å². The molecule has 2 heterocycles. The molecule has 2 N–H and O–H groups in total. The van der Waals surface area contributed by atoms with Crippen LogP contribution >= 0.6 is 11.8 Å². The number of carbonyl (C=O) groups excluding carboxylic acids is 2. The van der Waals surface area contributed by atoms with Crippen LogP contribution in [0.4, 0.5) is 4.79 Å². The van der Waals surface area contributed by atoms with Crippen LogP contribution in [-0.2, 0) is 4.79 Å². The first kappa shape index (κ1) is 9.83. The van der Waals surface area contributed by atoms with E-state index in [0.717, 1.165) is 24.9 Å². The average molecular weight is 214 g/mol. The highest BCUT2D eigenvalue weighted by atomic mass is 32.2. The standard InChI is InChI=1S/C9H14N2O2S/c12-4-2-1-3-7-8-6(5-14-7)10-9(13)11-8/h4,6-8H,1-3,5H2,(H2,10,11,13)/t6-,7-,8-/m0/s1. The fraction of sp³-hybridized carbons (Fsp3) is 0.778. The molecule has 78 valence electrons. The summed E-state index contributed by atoms with van der Waals surface area (Å²) in [5.41, 5.74) is 0. The van der Waals surface area contributed by atoms with Gasteiger partial charge in [-0.1, -0.05) is 0 Å². The normalized spacial score (nSPS) is 34.9. The zero-order chi connectivity index (χ0) is 9.97. The van der Waals surface area contributed by atoms with Crippen LogP contribution in [0.3, 0.4) is 0 Å². The Balaban J connectivity index is 1.82. The molecule has 14 heavy (non-hydrogen) atoms. The van der Waals surface area contributed by atoms with Crippen molar-refractivity contribution in [2.24, 2.45) is 0 Å². The quantitative estimate of drug-likeness (QED) is 0.407. The van der Waals surface area contributed by atoms with E-state index in [9.17, 15) is 9.59 Å². The maximum Gasteiger partial charge on any atom is 0.315 e. The van der Waals surface area contributed by atoms with Crippen molar-refractivity contribution in [2.75, 3.05) is 5.75 Å². The molecular weight excluding hydrogens is 200 g/mol. The Labute approximate surface area is 87.2 Å². The number of carbonyl (C=O) groups is 2. The van der Waals surface area contributed by atoms with E-state index >= 15 is 0 Å². The number of unbranched alkanes of at least 4 members (excludes halogenated alkanes) is 1. The molecule has 0 aromatic rings. The van der Waals surface area contributed by atoms with Crippen LogP contribution in [-0.4, -0.2) is 35.4 Å². The summed E-state index contributed by atoms with van der Waals surface area (Å²) < 4.78 is 0. The average Bonchev–Trinajstić information content (AvgIpc) is 2.66. The number of hydrogen-bond donors (Lipinski definition) is 2. The summed E-state index contributed by atoms with van der Waals surface area (Å²) in [6.45, 7) is 0. The number of thioether (sulfide) groups is 1. The predicted octanol–water partition coefficient (Wildman–Crippen LogP) is 0.521. The Kier molecular flexibility index (Phi) is 2.96. The van der Waals surface area contributed by atoms with Crippen molar-refractivity contribution in [1.82, 2.24) is 10.6 Å². The van der Waals surface area contributed by atoms with Crippen molar-refractivity contribution in [3.63, 3.8) is 0 Å². The fourth-order valence-corrected chi connectivity index (χ4v) is 3.59. The summed E-state index contributed by atoms with van der Waals surface area (Å²) in [6.07, 6.45) is 3.55. The highest BCUT2D eigenvalue weighted by molar-refractivity contribution is 8.00. The van der Waals surface area contributed by atoms with E-state index < -0.39 is 0 Å². The first-order chi connectivity index (χ1) is 6.81.